The molecule has 0 spiro atoms. The summed E-state index contributed by atoms with van der Waals surface area (Å²) in [5.74, 6) is -0.242. The second-order valence-electron chi connectivity index (χ2n) is 7.96. The van der Waals surface area contributed by atoms with E-state index in [4.69, 9.17) is 9.47 Å². The second-order valence-corrected chi connectivity index (χ2v) is 7.96. The minimum absolute atomic E-state index is 0.135. The van der Waals surface area contributed by atoms with Crippen molar-refractivity contribution in [1.29, 1.82) is 0 Å². The van der Waals surface area contributed by atoms with Crippen molar-refractivity contribution >= 4 is 29.5 Å². The number of cyclic esters (lactones) is 1. The molecule has 31 heavy (non-hydrogen) atoms. The fourth-order valence-corrected chi connectivity index (χ4v) is 3.88. The van der Waals surface area contributed by atoms with E-state index in [0.29, 0.717) is 37.6 Å². The van der Waals surface area contributed by atoms with Gasteiger partial charge in [0.05, 0.1) is 24.5 Å². The largest absolute Gasteiger partial charge is 0.450 e. The average molecular weight is 436 g/mol. The Labute approximate surface area is 181 Å². The van der Waals surface area contributed by atoms with Crippen LogP contribution in [0.3, 0.4) is 0 Å². The van der Waals surface area contributed by atoms with Crippen LogP contribution in [-0.4, -0.2) is 69.1 Å². The SMILES string of the molecule is CCOC(=O)NC[C@@H]1CN(c2ccc(N3CC(N(C)C(C)=O)OC3=O)cc2F)C[C@H]1C. The lowest BCUT2D eigenvalue weighted by Crippen LogP contribution is -2.38. The van der Waals surface area contributed by atoms with E-state index < -0.39 is 24.2 Å². The van der Waals surface area contributed by atoms with E-state index in [-0.39, 0.29) is 24.3 Å². The van der Waals surface area contributed by atoms with Gasteiger partial charge in [0, 0.05) is 33.6 Å². The van der Waals surface area contributed by atoms with Crippen LogP contribution in [0, 0.1) is 17.7 Å². The molecule has 3 atom stereocenters. The molecule has 2 aliphatic heterocycles. The van der Waals surface area contributed by atoms with Crippen molar-refractivity contribution in [3.63, 3.8) is 0 Å². The van der Waals surface area contributed by atoms with E-state index in [9.17, 15) is 18.8 Å². The predicted octanol–water partition coefficient (Wildman–Crippen LogP) is 2.41. The highest BCUT2D eigenvalue weighted by Crippen LogP contribution is 2.33. The molecule has 10 heteroatoms. The van der Waals surface area contributed by atoms with Gasteiger partial charge in [0.25, 0.3) is 0 Å². The zero-order valence-electron chi connectivity index (χ0n) is 18.3. The van der Waals surface area contributed by atoms with Gasteiger partial charge >= 0.3 is 12.2 Å². The van der Waals surface area contributed by atoms with Crippen molar-refractivity contribution in [1.82, 2.24) is 10.2 Å². The van der Waals surface area contributed by atoms with Crippen LogP contribution in [0.2, 0.25) is 0 Å². The second kappa shape index (κ2) is 9.40. The number of benzene rings is 1. The van der Waals surface area contributed by atoms with Crippen molar-refractivity contribution in [3.05, 3.63) is 24.0 Å². The van der Waals surface area contributed by atoms with Gasteiger partial charge in [0.2, 0.25) is 5.91 Å². The predicted molar refractivity (Wildman–Crippen MR) is 112 cm³/mol. The summed E-state index contributed by atoms with van der Waals surface area (Å²) in [4.78, 5) is 39.8. The Morgan fingerprint density at radius 2 is 2.06 bits per heavy atom. The maximum Gasteiger partial charge on any atom is 0.416 e. The van der Waals surface area contributed by atoms with E-state index in [0.717, 1.165) is 0 Å². The molecule has 0 aliphatic carbocycles. The van der Waals surface area contributed by atoms with Crippen LogP contribution < -0.4 is 15.1 Å². The van der Waals surface area contributed by atoms with Gasteiger partial charge in [-0.3, -0.25) is 9.69 Å². The van der Waals surface area contributed by atoms with Crippen molar-refractivity contribution < 1.29 is 28.2 Å². The minimum atomic E-state index is -0.708. The first kappa shape index (κ1) is 22.6. The molecule has 2 aliphatic rings. The van der Waals surface area contributed by atoms with Gasteiger partial charge in [0.1, 0.15) is 5.82 Å². The first-order valence-electron chi connectivity index (χ1n) is 10.4. The molecule has 1 unspecified atom stereocenters. The van der Waals surface area contributed by atoms with E-state index >= 15 is 0 Å². The number of nitrogens with zero attached hydrogens (tertiary/aromatic N) is 3. The molecule has 1 N–H and O–H groups in total. The summed E-state index contributed by atoms with van der Waals surface area (Å²) < 4.78 is 25.1. The van der Waals surface area contributed by atoms with Gasteiger partial charge in [-0.15, -0.1) is 0 Å². The molecule has 0 saturated carbocycles. The molecular weight excluding hydrogens is 407 g/mol. The molecule has 2 heterocycles. The molecule has 2 saturated heterocycles. The fourth-order valence-electron chi connectivity index (χ4n) is 3.88. The van der Waals surface area contributed by atoms with Crippen LogP contribution in [0.15, 0.2) is 18.2 Å². The molecule has 1 aromatic carbocycles. The highest BCUT2D eigenvalue weighted by Gasteiger charge is 2.37. The Morgan fingerprint density at radius 3 is 2.71 bits per heavy atom. The number of hydrogen-bond acceptors (Lipinski definition) is 6. The standard InChI is InChI=1S/C21H29FN4O5/c1-5-30-20(28)23-9-15-11-25(10-13(15)2)18-7-6-16(8-17(18)22)26-12-19(31-21(26)29)24(4)14(3)27/h6-8,13,15,19H,5,9-12H2,1-4H3,(H,23,28)/t13-,15-,19?/m1/s1. The zero-order valence-corrected chi connectivity index (χ0v) is 18.3. The molecule has 3 rings (SSSR count). The lowest BCUT2D eigenvalue weighted by Gasteiger charge is -2.22. The van der Waals surface area contributed by atoms with E-state index in [1.54, 1.807) is 26.1 Å². The summed E-state index contributed by atoms with van der Waals surface area (Å²) in [5, 5.41) is 2.75. The lowest BCUT2D eigenvalue weighted by molar-refractivity contribution is -0.134. The Morgan fingerprint density at radius 1 is 1.32 bits per heavy atom. The van der Waals surface area contributed by atoms with Crippen LogP contribution >= 0.6 is 0 Å². The van der Waals surface area contributed by atoms with Crippen LogP contribution in [0.1, 0.15) is 20.8 Å². The maximum absolute atomic E-state index is 15.0. The number of halogens is 1. The third-order valence-electron chi connectivity index (χ3n) is 5.86. The summed E-state index contributed by atoms with van der Waals surface area (Å²) in [5.41, 5.74) is 0.817. The van der Waals surface area contributed by atoms with E-state index in [1.807, 2.05) is 4.90 Å². The van der Waals surface area contributed by atoms with Crippen LogP contribution in [-0.2, 0) is 14.3 Å². The Bertz CT molecular complexity index is 851. The van der Waals surface area contributed by atoms with E-state index in [1.165, 1.54) is 22.8 Å². The van der Waals surface area contributed by atoms with E-state index in [2.05, 4.69) is 12.2 Å². The summed E-state index contributed by atoms with van der Waals surface area (Å²) in [6.07, 6.45) is -1.78. The van der Waals surface area contributed by atoms with Gasteiger partial charge in [-0.05, 0) is 37.0 Å². The molecule has 3 amide bonds. The quantitative estimate of drug-likeness (QED) is 0.737. The molecule has 9 nitrogen and oxygen atoms in total. The highest BCUT2D eigenvalue weighted by atomic mass is 19.1. The third kappa shape index (κ3) is 5.00. The molecular formula is C21H29FN4O5. The van der Waals surface area contributed by atoms with Crippen LogP contribution in [0.4, 0.5) is 25.4 Å². The van der Waals surface area contributed by atoms with Gasteiger partial charge in [-0.25, -0.2) is 14.0 Å². The van der Waals surface area contributed by atoms with Crippen molar-refractivity contribution in [3.8, 4) is 0 Å². The average Bonchev–Trinajstić information content (AvgIpc) is 3.28. The third-order valence-corrected chi connectivity index (χ3v) is 5.86. The van der Waals surface area contributed by atoms with Gasteiger partial charge in [-0.2, -0.15) is 0 Å². The van der Waals surface area contributed by atoms with Gasteiger partial charge < -0.3 is 24.6 Å². The Hall–Kier alpha value is -3.04. The molecule has 1 aromatic rings. The van der Waals surface area contributed by atoms with Crippen molar-refractivity contribution in [2.24, 2.45) is 11.8 Å². The summed E-state index contributed by atoms with van der Waals surface area (Å²) in [7, 11) is 1.55. The van der Waals surface area contributed by atoms with Gasteiger partial charge in [-0.1, -0.05) is 6.92 Å². The number of likely N-dealkylation sites (N-methyl/N-ethyl adjacent to an activating group) is 1. The molecule has 0 radical (unpaired) electrons. The number of carbonyl (C=O) groups excluding carboxylic acids is 3. The maximum atomic E-state index is 15.0. The summed E-state index contributed by atoms with van der Waals surface area (Å²) in [6, 6.07) is 4.63. The fraction of sp³-hybridized carbons (Fsp3) is 0.571. The topological polar surface area (TPSA) is 91.4 Å². The number of nitrogens with one attached hydrogen (secondary N) is 1. The molecule has 0 aromatic heterocycles. The number of rotatable bonds is 6. The van der Waals surface area contributed by atoms with Crippen LogP contribution in [0.25, 0.3) is 0 Å². The molecule has 0 bridgehead atoms. The van der Waals surface area contributed by atoms with Crippen molar-refractivity contribution in [2.75, 3.05) is 49.6 Å². The number of hydrogen-bond donors (Lipinski definition) is 1. The molecule has 170 valence electrons. The van der Waals surface area contributed by atoms with Gasteiger partial charge in [0.15, 0.2) is 6.23 Å². The first-order chi connectivity index (χ1) is 14.7. The van der Waals surface area contributed by atoms with Crippen molar-refractivity contribution in [2.45, 2.75) is 27.0 Å². The smallest absolute Gasteiger partial charge is 0.416 e. The first-order valence-corrected chi connectivity index (χ1v) is 10.4. The lowest BCUT2D eigenvalue weighted by atomic mass is 9.98. The summed E-state index contributed by atoms with van der Waals surface area (Å²) >= 11 is 0. The van der Waals surface area contributed by atoms with Crippen LogP contribution in [0.5, 0.6) is 0 Å². The minimum Gasteiger partial charge on any atom is -0.450 e. The normalized spacial score (nSPS) is 23.0. The number of carbonyl (C=O) groups is 3. The molecule has 2 fully saturated rings. The number of anilines is 2. The Kier molecular flexibility index (Phi) is 6.87. The highest BCUT2D eigenvalue weighted by molar-refractivity contribution is 5.90. The zero-order chi connectivity index (χ0) is 22.7. The monoisotopic (exact) mass is 436 g/mol. The number of amides is 3. The number of alkyl carbamates (subject to hydrolysis) is 1. The summed E-state index contributed by atoms with van der Waals surface area (Å²) in [6.45, 7) is 7.36. The number of ether oxygens (including phenoxy) is 2. The Balaban J connectivity index is 1.65.